The van der Waals surface area contributed by atoms with Crippen LogP contribution in [0.4, 0.5) is 11.4 Å². The SMILES string of the molecule is COc1cc([N+](=O)[O-])ccc1NC(=O)/C(C#N)=C/c1ccccc1OCc1ccccc1Cl. The summed E-state index contributed by atoms with van der Waals surface area (Å²) >= 11 is 6.17. The first kappa shape index (κ1) is 23.3. The van der Waals surface area contributed by atoms with Gasteiger partial charge in [0.2, 0.25) is 0 Å². The topological polar surface area (TPSA) is 114 Å². The summed E-state index contributed by atoms with van der Waals surface area (Å²) in [5.74, 6) is -0.144. The fourth-order valence-electron chi connectivity index (χ4n) is 2.89. The molecule has 3 aromatic carbocycles. The van der Waals surface area contributed by atoms with Crippen molar-refractivity contribution in [3.8, 4) is 17.6 Å². The van der Waals surface area contributed by atoms with Crippen molar-refractivity contribution >= 4 is 35.0 Å². The monoisotopic (exact) mass is 463 g/mol. The quantitative estimate of drug-likeness (QED) is 0.207. The van der Waals surface area contributed by atoms with Gasteiger partial charge < -0.3 is 14.8 Å². The summed E-state index contributed by atoms with van der Waals surface area (Å²) in [6, 6.07) is 19.8. The number of hydrogen-bond acceptors (Lipinski definition) is 6. The second-order valence-electron chi connectivity index (χ2n) is 6.68. The number of anilines is 1. The summed E-state index contributed by atoms with van der Waals surface area (Å²) < 4.78 is 11.0. The number of non-ortho nitro benzene ring substituents is 1. The van der Waals surface area contributed by atoms with Gasteiger partial charge in [-0.1, -0.05) is 48.0 Å². The van der Waals surface area contributed by atoms with Crippen LogP contribution in [-0.2, 0) is 11.4 Å². The van der Waals surface area contributed by atoms with Crippen LogP contribution in [0, 0.1) is 21.4 Å². The van der Waals surface area contributed by atoms with Gasteiger partial charge in [0.05, 0.1) is 23.8 Å². The molecule has 166 valence electrons. The van der Waals surface area contributed by atoms with E-state index in [1.54, 1.807) is 30.3 Å². The van der Waals surface area contributed by atoms with E-state index in [-0.39, 0.29) is 29.3 Å². The molecule has 0 aromatic heterocycles. The predicted octanol–water partition coefficient (Wildman–Crippen LogP) is 5.38. The predicted molar refractivity (Wildman–Crippen MR) is 124 cm³/mol. The third-order valence-corrected chi connectivity index (χ3v) is 4.94. The van der Waals surface area contributed by atoms with E-state index in [0.717, 1.165) is 5.56 Å². The van der Waals surface area contributed by atoms with Gasteiger partial charge in [0, 0.05) is 22.2 Å². The van der Waals surface area contributed by atoms with E-state index in [2.05, 4.69) is 5.32 Å². The smallest absolute Gasteiger partial charge is 0.273 e. The number of para-hydroxylation sites is 1. The van der Waals surface area contributed by atoms with E-state index in [4.69, 9.17) is 21.1 Å². The van der Waals surface area contributed by atoms with Crippen LogP contribution in [0.25, 0.3) is 6.08 Å². The Bertz CT molecular complexity index is 1270. The molecule has 3 rings (SSSR count). The largest absolute Gasteiger partial charge is 0.494 e. The molecule has 0 atom stereocenters. The number of amides is 1. The second-order valence-corrected chi connectivity index (χ2v) is 7.09. The highest BCUT2D eigenvalue weighted by atomic mass is 35.5. The van der Waals surface area contributed by atoms with Crippen molar-refractivity contribution in [1.29, 1.82) is 5.26 Å². The first-order valence-corrected chi connectivity index (χ1v) is 10.0. The Hall–Kier alpha value is -4.35. The molecule has 0 saturated heterocycles. The summed E-state index contributed by atoms with van der Waals surface area (Å²) in [5, 5.41) is 23.6. The van der Waals surface area contributed by atoms with Crippen molar-refractivity contribution in [3.63, 3.8) is 0 Å². The van der Waals surface area contributed by atoms with E-state index >= 15 is 0 Å². The zero-order chi connectivity index (χ0) is 23.8. The number of carbonyl (C=O) groups excluding carboxylic acids is 1. The summed E-state index contributed by atoms with van der Waals surface area (Å²) in [5.41, 5.74) is 1.13. The van der Waals surface area contributed by atoms with Gasteiger partial charge in [-0.15, -0.1) is 0 Å². The van der Waals surface area contributed by atoms with Crippen LogP contribution in [0.3, 0.4) is 0 Å². The summed E-state index contributed by atoms with van der Waals surface area (Å²) in [6.07, 6.45) is 1.40. The molecule has 1 N–H and O–H groups in total. The van der Waals surface area contributed by atoms with Crippen LogP contribution >= 0.6 is 11.6 Å². The first-order valence-electron chi connectivity index (χ1n) is 9.63. The molecule has 8 nitrogen and oxygen atoms in total. The van der Waals surface area contributed by atoms with Gasteiger partial charge >= 0.3 is 0 Å². The van der Waals surface area contributed by atoms with Gasteiger partial charge in [-0.3, -0.25) is 14.9 Å². The van der Waals surface area contributed by atoms with Crippen molar-refractivity contribution in [1.82, 2.24) is 0 Å². The standard InChI is InChI=1S/C24H18ClN3O5/c1-32-23-13-19(28(30)31)10-11-21(23)27-24(29)18(14-26)12-16-6-3-5-9-22(16)33-15-17-7-2-4-8-20(17)25/h2-13H,15H2,1H3,(H,27,29)/b18-12+. The Kier molecular flexibility index (Phi) is 7.63. The third-order valence-electron chi connectivity index (χ3n) is 4.57. The minimum Gasteiger partial charge on any atom is -0.494 e. The van der Waals surface area contributed by atoms with E-state index in [1.165, 1.54) is 31.4 Å². The Morgan fingerprint density at radius 3 is 2.58 bits per heavy atom. The highest BCUT2D eigenvalue weighted by molar-refractivity contribution is 6.31. The first-order chi connectivity index (χ1) is 15.9. The van der Waals surface area contributed by atoms with Crippen LogP contribution in [0.2, 0.25) is 5.02 Å². The summed E-state index contributed by atoms with van der Waals surface area (Å²) in [6.45, 7) is 0.207. The second kappa shape index (κ2) is 10.8. The number of ether oxygens (including phenoxy) is 2. The molecule has 33 heavy (non-hydrogen) atoms. The van der Waals surface area contributed by atoms with Gasteiger partial charge in [0.1, 0.15) is 29.7 Å². The molecular formula is C24H18ClN3O5. The average molecular weight is 464 g/mol. The Labute approximate surface area is 194 Å². The minimum atomic E-state index is -0.703. The van der Waals surface area contributed by atoms with Gasteiger partial charge in [0.25, 0.3) is 11.6 Å². The number of nitrogens with zero attached hydrogens (tertiary/aromatic N) is 2. The fraction of sp³-hybridized carbons (Fsp3) is 0.0833. The molecule has 0 heterocycles. The molecule has 9 heteroatoms. The van der Waals surface area contributed by atoms with E-state index < -0.39 is 10.8 Å². The molecule has 0 unspecified atom stereocenters. The summed E-state index contributed by atoms with van der Waals surface area (Å²) in [7, 11) is 1.32. The summed E-state index contributed by atoms with van der Waals surface area (Å²) in [4.78, 5) is 23.1. The van der Waals surface area contributed by atoms with Gasteiger partial charge in [-0.25, -0.2) is 0 Å². The molecule has 0 aliphatic carbocycles. The number of benzene rings is 3. The number of hydrogen-bond donors (Lipinski definition) is 1. The number of nitrogens with one attached hydrogen (secondary N) is 1. The average Bonchev–Trinajstić information content (AvgIpc) is 2.82. The van der Waals surface area contributed by atoms with Crippen LogP contribution in [0.1, 0.15) is 11.1 Å². The van der Waals surface area contributed by atoms with E-state index in [0.29, 0.717) is 16.3 Å². The van der Waals surface area contributed by atoms with Crippen molar-refractivity contribution < 1.29 is 19.2 Å². The highest BCUT2D eigenvalue weighted by Gasteiger charge is 2.16. The lowest BCUT2D eigenvalue weighted by molar-refractivity contribution is -0.384. The molecular weight excluding hydrogens is 446 g/mol. The van der Waals surface area contributed by atoms with E-state index in [1.807, 2.05) is 24.3 Å². The number of methoxy groups -OCH3 is 1. The number of carbonyl (C=O) groups is 1. The number of nitriles is 1. The lowest BCUT2D eigenvalue weighted by Gasteiger charge is -2.11. The Morgan fingerprint density at radius 2 is 1.88 bits per heavy atom. The van der Waals surface area contributed by atoms with Gasteiger partial charge in [-0.2, -0.15) is 5.26 Å². The van der Waals surface area contributed by atoms with Crippen LogP contribution in [-0.4, -0.2) is 17.9 Å². The number of nitro benzene ring substituents is 1. The molecule has 0 spiro atoms. The molecule has 0 aliphatic heterocycles. The molecule has 0 radical (unpaired) electrons. The van der Waals surface area contributed by atoms with Gasteiger partial charge in [0.15, 0.2) is 0 Å². The van der Waals surface area contributed by atoms with Crippen molar-refractivity contribution in [2.24, 2.45) is 0 Å². The Balaban J connectivity index is 1.82. The number of nitro groups is 1. The molecule has 0 saturated carbocycles. The third kappa shape index (κ3) is 5.87. The van der Waals surface area contributed by atoms with Crippen LogP contribution < -0.4 is 14.8 Å². The number of halogens is 1. The normalized spacial score (nSPS) is 10.8. The van der Waals surface area contributed by atoms with Crippen LogP contribution in [0.15, 0.2) is 72.3 Å². The zero-order valence-corrected chi connectivity index (χ0v) is 18.2. The lowest BCUT2D eigenvalue weighted by atomic mass is 10.1. The maximum absolute atomic E-state index is 12.7. The highest BCUT2D eigenvalue weighted by Crippen LogP contribution is 2.30. The van der Waals surface area contributed by atoms with Gasteiger partial charge in [-0.05, 0) is 24.3 Å². The lowest BCUT2D eigenvalue weighted by Crippen LogP contribution is -2.14. The van der Waals surface area contributed by atoms with Crippen molar-refractivity contribution in [2.75, 3.05) is 12.4 Å². The Morgan fingerprint density at radius 1 is 1.15 bits per heavy atom. The maximum Gasteiger partial charge on any atom is 0.273 e. The molecule has 3 aromatic rings. The zero-order valence-electron chi connectivity index (χ0n) is 17.4. The molecule has 0 fully saturated rings. The van der Waals surface area contributed by atoms with Crippen LogP contribution in [0.5, 0.6) is 11.5 Å². The molecule has 1 amide bonds. The fourth-order valence-corrected chi connectivity index (χ4v) is 3.08. The van der Waals surface area contributed by atoms with E-state index in [9.17, 15) is 20.2 Å². The van der Waals surface area contributed by atoms with Crippen molar-refractivity contribution in [2.45, 2.75) is 6.61 Å². The molecule has 0 aliphatic rings. The maximum atomic E-state index is 12.7. The number of rotatable bonds is 8. The van der Waals surface area contributed by atoms with Crippen molar-refractivity contribution in [3.05, 3.63) is 98.6 Å². The molecule has 0 bridgehead atoms. The minimum absolute atomic E-state index is 0.0957.